The number of hydrogen-bond donors (Lipinski definition) is 0. The van der Waals surface area contributed by atoms with Crippen molar-refractivity contribution in [1.82, 2.24) is 4.98 Å². The van der Waals surface area contributed by atoms with Crippen LogP contribution in [0.1, 0.15) is 0 Å². The van der Waals surface area contributed by atoms with E-state index in [0.717, 1.165) is 0 Å². The van der Waals surface area contributed by atoms with Gasteiger partial charge in [0, 0.05) is 12.4 Å². The first kappa shape index (κ1) is 10.3. The Hall–Kier alpha value is -1.25. The lowest BCUT2D eigenvalue weighted by Gasteiger charge is -2.08. The summed E-state index contributed by atoms with van der Waals surface area (Å²) >= 11 is 11.9. The van der Waals surface area contributed by atoms with Gasteiger partial charge < -0.3 is 4.74 Å². The Labute approximate surface area is 97.4 Å². The number of pyridine rings is 1. The average Bonchev–Trinajstić information content (AvgIpc) is 2.25. The van der Waals surface area contributed by atoms with Crippen LogP contribution >= 0.6 is 23.2 Å². The minimum Gasteiger partial charge on any atom is -0.454 e. The van der Waals surface area contributed by atoms with Gasteiger partial charge in [-0.2, -0.15) is 0 Å². The van der Waals surface area contributed by atoms with Crippen molar-refractivity contribution in [3.8, 4) is 11.5 Å². The summed E-state index contributed by atoms with van der Waals surface area (Å²) in [4.78, 5) is 3.89. The van der Waals surface area contributed by atoms with Crippen molar-refractivity contribution in [3.63, 3.8) is 0 Å². The fourth-order valence-electron chi connectivity index (χ4n) is 1.10. The van der Waals surface area contributed by atoms with Crippen LogP contribution in [0.2, 0.25) is 10.0 Å². The van der Waals surface area contributed by atoms with Crippen molar-refractivity contribution in [2.45, 2.75) is 0 Å². The number of benzene rings is 1. The Morgan fingerprint density at radius 2 is 1.53 bits per heavy atom. The predicted octanol–water partition coefficient (Wildman–Crippen LogP) is 4.18. The molecule has 76 valence electrons. The summed E-state index contributed by atoms with van der Waals surface area (Å²) in [5.41, 5.74) is 0. The van der Waals surface area contributed by atoms with E-state index in [0.29, 0.717) is 21.5 Å². The summed E-state index contributed by atoms with van der Waals surface area (Å²) in [5, 5.41) is 0.971. The minimum atomic E-state index is 0.465. The molecule has 1 heterocycles. The Balaban J connectivity index is 2.32. The zero-order valence-electron chi connectivity index (χ0n) is 7.65. The molecule has 0 saturated heterocycles. The number of halogens is 2. The molecule has 2 rings (SSSR count). The van der Waals surface area contributed by atoms with Crippen LogP contribution in [0.15, 0.2) is 42.7 Å². The first-order valence-corrected chi connectivity index (χ1v) is 5.05. The lowest BCUT2D eigenvalue weighted by atomic mass is 10.3. The molecule has 0 fully saturated rings. The van der Waals surface area contributed by atoms with Crippen LogP contribution in [0, 0.1) is 0 Å². The van der Waals surface area contributed by atoms with Crippen LogP contribution in [0.25, 0.3) is 0 Å². The number of hydrogen-bond acceptors (Lipinski definition) is 2. The van der Waals surface area contributed by atoms with Gasteiger partial charge in [-0.05, 0) is 24.3 Å². The second-order valence-electron chi connectivity index (χ2n) is 2.84. The van der Waals surface area contributed by atoms with E-state index in [4.69, 9.17) is 27.9 Å². The summed E-state index contributed by atoms with van der Waals surface area (Å²) in [6.07, 6.45) is 3.28. The highest BCUT2D eigenvalue weighted by atomic mass is 35.5. The Bertz CT molecular complexity index is 439. The molecule has 0 spiro atoms. The van der Waals surface area contributed by atoms with Gasteiger partial charge in [0.2, 0.25) is 0 Å². The smallest absolute Gasteiger partial charge is 0.164 e. The molecule has 0 aliphatic carbocycles. The largest absolute Gasteiger partial charge is 0.454 e. The van der Waals surface area contributed by atoms with Gasteiger partial charge in [-0.25, -0.2) is 0 Å². The zero-order valence-corrected chi connectivity index (χ0v) is 9.16. The van der Waals surface area contributed by atoms with Gasteiger partial charge in [0.05, 0.1) is 10.0 Å². The molecule has 0 atom stereocenters. The molecule has 1 aromatic carbocycles. The van der Waals surface area contributed by atoms with E-state index >= 15 is 0 Å². The van der Waals surface area contributed by atoms with Crippen LogP contribution in [0.3, 0.4) is 0 Å². The van der Waals surface area contributed by atoms with E-state index < -0.39 is 0 Å². The first-order valence-electron chi connectivity index (χ1n) is 4.29. The summed E-state index contributed by atoms with van der Waals surface area (Å²) in [6, 6.07) is 8.69. The highest BCUT2D eigenvalue weighted by Gasteiger charge is 2.07. The molecule has 0 unspecified atom stereocenters. The molecule has 0 radical (unpaired) electrons. The third-order valence-electron chi connectivity index (χ3n) is 1.79. The second kappa shape index (κ2) is 4.51. The minimum absolute atomic E-state index is 0.465. The van der Waals surface area contributed by atoms with Gasteiger partial charge in [-0.1, -0.05) is 29.3 Å². The summed E-state index contributed by atoms with van der Waals surface area (Å²) in [6.45, 7) is 0. The van der Waals surface area contributed by atoms with E-state index in [9.17, 15) is 0 Å². The van der Waals surface area contributed by atoms with Crippen LogP contribution < -0.4 is 4.74 Å². The lowest BCUT2D eigenvalue weighted by molar-refractivity contribution is 0.482. The van der Waals surface area contributed by atoms with Crippen molar-refractivity contribution in [3.05, 3.63) is 52.8 Å². The summed E-state index contributed by atoms with van der Waals surface area (Å²) in [5.74, 6) is 1.12. The number of rotatable bonds is 2. The molecule has 0 N–H and O–H groups in total. The maximum absolute atomic E-state index is 5.95. The third kappa shape index (κ3) is 2.41. The maximum Gasteiger partial charge on any atom is 0.164 e. The van der Waals surface area contributed by atoms with Crippen molar-refractivity contribution < 1.29 is 4.74 Å². The normalized spacial score (nSPS) is 10.0. The van der Waals surface area contributed by atoms with Crippen molar-refractivity contribution in [2.24, 2.45) is 0 Å². The van der Waals surface area contributed by atoms with Crippen molar-refractivity contribution in [1.29, 1.82) is 0 Å². The SMILES string of the molecule is Clc1cccc(Cl)c1Oc1ccncc1. The predicted molar refractivity (Wildman–Crippen MR) is 60.8 cm³/mol. The van der Waals surface area contributed by atoms with E-state index in [1.165, 1.54) is 0 Å². The van der Waals surface area contributed by atoms with Gasteiger partial charge in [-0.15, -0.1) is 0 Å². The fourth-order valence-corrected chi connectivity index (χ4v) is 1.58. The van der Waals surface area contributed by atoms with Crippen LogP contribution in [-0.4, -0.2) is 4.98 Å². The molecule has 0 bridgehead atoms. The highest BCUT2D eigenvalue weighted by molar-refractivity contribution is 6.37. The average molecular weight is 240 g/mol. The van der Waals surface area contributed by atoms with Gasteiger partial charge in [0.25, 0.3) is 0 Å². The summed E-state index contributed by atoms with van der Waals surface area (Å²) in [7, 11) is 0. The van der Waals surface area contributed by atoms with Gasteiger partial charge >= 0.3 is 0 Å². The van der Waals surface area contributed by atoms with E-state index in [-0.39, 0.29) is 0 Å². The van der Waals surface area contributed by atoms with Gasteiger partial charge in [-0.3, -0.25) is 4.98 Å². The number of ether oxygens (including phenoxy) is 1. The topological polar surface area (TPSA) is 22.1 Å². The zero-order chi connectivity index (χ0) is 10.7. The summed E-state index contributed by atoms with van der Waals surface area (Å²) < 4.78 is 5.54. The van der Waals surface area contributed by atoms with E-state index in [1.54, 1.807) is 42.7 Å². The van der Waals surface area contributed by atoms with Gasteiger partial charge in [0.15, 0.2) is 5.75 Å². The third-order valence-corrected chi connectivity index (χ3v) is 2.38. The lowest BCUT2D eigenvalue weighted by Crippen LogP contribution is -1.86. The molecule has 0 aliphatic heterocycles. The van der Waals surface area contributed by atoms with E-state index in [1.807, 2.05) is 0 Å². The van der Waals surface area contributed by atoms with Crippen LogP contribution in [0.4, 0.5) is 0 Å². The van der Waals surface area contributed by atoms with Crippen LogP contribution in [0.5, 0.6) is 11.5 Å². The number of nitrogens with zero attached hydrogens (tertiary/aromatic N) is 1. The van der Waals surface area contributed by atoms with Gasteiger partial charge in [0.1, 0.15) is 5.75 Å². The van der Waals surface area contributed by atoms with Crippen LogP contribution in [-0.2, 0) is 0 Å². The molecule has 2 aromatic rings. The molecular formula is C11H7Cl2NO. The molecule has 0 aliphatic rings. The Morgan fingerprint density at radius 3 is 2.13 bits per heavy atom. The number of para-hydroxylation sites is 1. The van der Waals surface area contributed by atoms with Crippen molar-refractivity contribution >= 4 is 23.2 Å². The quantitative estimate of drug-likeness (QED) is 0.785. The number of aromatic nitrogens is 1. The molecule has 2 nitrogen and oxygen atoms in total. The maximum atomic E-state index is 5.95. The fraction of sp³-hybridized carbons (Fsp3) is 0. The Kier molecular flexibility index (Phi) is 3.09. The molecule has 1 aromatic heterocycles. The monoisotopic (exact) mass is 239 g/mol. The molecule has 0 amide bonds. The molecule has 4 heteroatoms. The van der Waals surface area contributed by atoms with Crippen molar-refractivity contribution in [2.75, 3.05) is 0 Å². The molecule has 0 saturated carbocycles. The Morgan fingerprint density at radius 1 is 0.933 bits per heavy atom. The molecular weight excluding hydrogens is 233 g/mol. The second-order valence-corrected chi connectivity index (χ2v) is 3.65. The first-order chi connectivity index (χ1) is 7.27. The van der Waals surface area contributed by atoms with E-state index in [2.05, 4.69) is 4.98 Å². The highest BCUT2D eigenvalue weighted by Crippen LogP contribution is 2.35. The molecule has 15 heavy (non-hydrogen) atoms. The standard InChI is InChI=1S/C11H7Cl2NO/c12-9-2-1-3-10(13)11(9)15-8-4-6-14-7-5-8/h1-7H.